The zero-order valence-electron chi connectivity index (χ0n) is 34.3. The van der Waals surface area contributed by atoms with Crippen molar-refractivity contribution in [1.82, 2.24) is 25.8 Å². The Labute approximate surface area is 317 Å². The van der Waals surface area contributed by atoms with Gasteiger partial charge in [0.2, 0.25) is 23.6 Å². The van der Waals surface area contributed by atoms with Crippen LogP contribution in [0.3, 0.4) is 0 Å². The van der Waals surface area contributed by atoms with Crippen LogP contribution in [0, 0.1) is 23.7 Å². The summed E-state index contributed by atoms with van der Waals surface area (Å²) in [7, 11) is 8.07. The van der Waals surface area contributed by atoms with Crippen LogP contribution in [0.1, 0.15) is 85.0 Å². The molecule has 1 aromatic carbocycles. The molecule has 0 aromatic heterocycles. The fourth-order valence-corrected chi connectivity index (χ4v) is 7.46. The van der Waals surface area contributed by atoms with E-state index in [2.05, 4.69) is 16.0 Å². The van der Waals surface area contributed by atoms with E-state index in [0.29, 0.717) is 24.9 Å². The van der Waals surface area contributed by atoms with Crippen molar-refractivity contribution in [3.8, 4) is 0 Å². The highest BCUT2D eigenvalue weighted by Crippen LogP contribution is 2.31. The first kappa shape index (κ1) is 45.8. The number of methoxy groups -OCH3 is 3. The highest BCUT2D eigenvalue weighted by atomic mass is 16.5. The van der Waals surface area contributed by atoms with Crippen LogP contribution in [0.5, 0.6) is 0 Å². The van der Waals surface area contributed by atoms with E-state index in [-0.39, 0.29) is 59.7 Å². The Morgan fingerprint density at radius 2 is 1.47 bits per heavy atom. The number of carbonyl (C=O) groups is 5. The quantitative estimate of drug-likeness (QED) is 0.161. The summed E-state index contributed by atoms with van der Waals surface area (Å²) in [4.78, 5) is 71.5. The van der Waals surface area contributed by atoms with Gasteiger partial charge in [-0.05, 0) is 38.1 Å². The summed E-state index contributed by atoms with van der Waals surface area (Å²) in [5, 5.41) is 8.86. The topological polar surface area (TPSA) is 156 Å². The number of rotatable bonds is 21. The molecular weight excluding hydrogens is 678 g/mol. The maximum absolute atomic E-state index is 14.3. The molecule has 300 valence electrons. The molecule has 1 aliphatic rings. The molecule has 0 aliphatic carbocycles. The second kappa shape index (κ2) is 21.5. The molecule has 4 amide bonds. The molecule has 0 spiro atoms. The number of likely N-dealkylation sites (tertiary alicyclic amines) is 1. The van der Waals surface area contributed by atoms with Gasteiger partial charge in [0.15, 0.2) is 5.78 Å². The van der Waals surface area contributed by atoms with Crippen molar-refractivity contribution in [3.63, 3.8) is 0 Å². The van der Waals surface area contributed by atoms with Crippen molar-refractivity contribution in [1.29, 1.82) is 0 Å². The van der Waals surface area contributed by atoms with Crippen LogP contribution in [-0.2, 0) is 33.4 Å². The second-order valence-corrected chi connectivity index (χ2v) is 15.2. The minimum Gasteiger partial charge on any atom is -0.380 e. The lowest BCUT2D eigenvalue weighted by Gasteiger charge is -2.41. The molecule has 1 saturated heterocycles. The average molecular weight is 746 g/mol. The summed E-state index contributed by atoms with van der Waals surface area (Å²) < 4.78 is 17.6. The van der Waals surface area contributed by atoms with Crippen molar-refractivity contribution in [3.05, 3.63) is 35.9 Å². The molecule has 0 bridgehead atoms. The number of carbonyl (C=O) groups excluding carboxylic acids is 5. The summed E-state index contributed by atoms with van der Waals surface area (Å²) in [5.74, 6) is -2.24. The molecule has 2 rings (SSSR count). The monoisotopic (exact) mass is 745 g/mol. The lowest BCUT2D eigenvalue weighted by Crippen LogP contribution is -2.59. The van der Waals surface area contributed by atoms with Crippen molar-refractivity contribution in [2.75, 3.05) is 42.0 Å². The van der Waals surface area contributed by atoms with Gasteiger partial charge in [-0.15, -0.1) is 0 Å². The molecule has 53 heavy (non-hydrogen) atoms. The first-order valence-corrected chi connectivity index (χ1v) is 19.0. The van der Waals surface area contributed by atoms with Gasteiger partial charge in [0, 0.05) is 40.5 Å². The maximum Gasteiger partial charge on any atom is 0.245 e. The van der Waals surface area contributed by atoms with Gasteiger partial charge >= 0.3 is 0 Å². The molecule has 3 N–H and O–H groups in total. The van der Waals surface area contributed by atoms with E-state index in [4.69, 9.17) is 14.2 Å². The number of nitrogens with zero attached hydrogens (tertiary/aromatic N) is 2. The molecule has 1 heterocycles. The highest BCUT2D eigenvalue weighted by Gasteiger charge is 2.46. The van der Waals surface area contributed by atoms with Crippen LogP contribution in [-0.4, -0.2) is 130 Å². The SMILES string of the molecule is CCC(C)[C@@H]([C@@H](CC(=O)N1C[C@H](OC)C[C@H]1[C@H](OC)[C@@H](C)C(=O)N[C@@H](C)C(=O)c1ccccc1)OC)N(C)C(=O)[C@@H](NC(=O)[C@@H](NC)C(C)C)C(C)C. The Hall–Kier alpha value is -3.39. The number of ketones is 1. The summed E-state index contributed by atoms with van der Waals surface area (Å²) >= 11 is 0. The summed E-state index contributed by atoms with van der Waals surface area (Å²) in [6.07, 6.45) is -0.536. The molecule has 13 heteroatoms. The Kier molecular flexibility index (Phi) is 18.6. The first-order valence-electron chi connectivity index (χ1n) is 19.0. The average Bonchev–Trinajstić information content (AvgIpc) is 3.57. The van der Waals surface area contributed by atoms with Gasteiger partial charge in [-0.3, -0.25) is 24.0 Å². The van der Waals surface area contributed by atoms with Gasteiger partial charge in [0.05, 0.1) is 54.8 Å². The van der Waals surface area contributed by atoms with Gasteiger partial charge in [0.25, 0.3) is 0 Å². The van der Waals surface area contributed by atoms with E-state index in [9.17, 15) is 24.0 Å². The van der Waals surface area contributed by atoms with Crippen LogP contribution in [0.4, 0.5) is 0 Å². The van der Waals surface area contributed by atoms with Crippen LogP contribution in [0.15, 0.2) is 30.3 Å². The molecule has 13 nitrogen and oxygen atoms in total. The Balaban J connectivity index is 2.32. The largest absolute Gasteiger partial charge is 0.380 e. The zero-order chi connectivity index (χ0) is 40.2. The molecule has 0 radical (unpaired) electrons. The molecule has 0 saturated carbocycles. The third-order valence-corrected chi connectivity index (χ3v) is 10.9. The van der Waals surface area contributed by atoms with Crippen LogP contribution in [0.2, 0.25) is 0 Å². The van der Waals surface area contributed by atoms with E-state index < -0.39 is 48.3 Å². The van der Waals surface area contributed by atoms with E-state index in [1.165, 1.54) is 14.2 Å². The summed E-state index contributed by atoms with van der Waals surface area (Å²) in [5.41, 5.74) is 0.500. The van der Waals surface area contributed by atoms with E-state index in [1.807, 2.05) is 47.6 Å². The second-order valence-electron chi connectivity index (χ2n) is 15.2. The van der Waals surface area contributed by atoms with Gasteiger partial charge in [-0.25, -0.2) is 0 Å². The van der Waals surface area contributed by atoms with Crippen molar-refractivity contribution >= 4 is 29.4 Å². The molecule has 1 aromatic rings. The van der Waals surface area contributed by atoms with Gasteiger partial charge < -0.3 is 40.0 Å². The predicted molar refractivity (Wildman–Crippen MR) is 205 cm³/mol. The number of nitrogens with one attached hydrogen (secondary N) is 3. The minimum absolute atomic E-state index is 0.0204. The van der Waals surface area contributed by atoms with Crippen molar-refractivity contribution < 1.29 is 38.2 Å². The first-order chi connectivity index (χ1) is 25.0. The molecule has 1 fully saturated rings. The van der Waals surface area contributed by atoms with Crippen LogP contribution in [0.25, 0.3) is 0 Å². The number of ether oxygens (including phenoxy) is 3. The van der Waals surface area contributed by atoms with Gasteiger partial charge in [-0.1, -0.05) is 85.2 Å². The van der Waals surface area contributed by atoms with Gasteiger partial charge in [0.1, 0.15) is 6.04 Å². The highest BCUT2D eigenvalue weighted by molar-refractivity contribution is 6.01. The third kappa shape index (κ3) is 11.8. The van der Waals surface area contributed by atoms with Crippen molar-refractivity contribution in [2.24, 2.45) is 23.7 Å². The number of likely N-dealkylation sites (N-methyl/N-ethyl adjacent to an activating group) is 2. The summed E-state index contributed by atoms with van der Waals surface area (Å²) in [6.45, 7) is 15.4. The number of hydrogen-bond donors (Lipinski definition) is 3. The van der Waals surface area contributed by atoms with Gasteiger partial charge in [-0.2, -0.15) is 0 Å². The van der Waals surface area contributed by atoms with Crippen LogP contribution >= 0.6 is 0 Å². The standard InChI is InChI=1S/C40H67N5O8/c1-14-25(6)35(44(10)40(50)34(24(4)5)43-39(49)33(41-9)23(2)3)31(52-12)21-32(46)45-22-29(51-11)20-30(45)37(53-13)26(7)38(48)42-27(8)36(47)28-18-16-15-17-19-28/h15-19,23-27,29-31,33-35,37,41H,14,20-22H2,1-13H3,(H,42,48)(H,43,49)/t25?,26-,27+,29-,30+,31-,33+,34+,35+,37-/m1/s1. The van der Waals surface area contributed by atoms with E-state index in [0.717, 1.165) is 0 Å². The Bertz CT molecular complexity index is 1340. The fraction of sp³-hybridized carbons (Fsp3) is 0.725. The fourth-order valence-electron chi connectivity index (χ4n) is 7.46. The van der Waals surface area contributed by atoms with E-state index >= 15 is 0 Å². The molecular formula is C40H67N5O8. The number of benzene rings is 1. The molecule has 1 aliphatic heterocycles. The minimum atomic E-state index is -0.784. The normalized spacial score (nSPS) is 20.5. The Morgan fingerprint density at radius 1 is 0.868 bits per heavy atom. The summed E-state index contributed by atoms with van der Waals surface area (Å²) in [6, 6.07) is 5.78. The molecule has 1 unspecified atom stereocenters. The number of hydrogen-bond acceptors (Lipinski definition) is 9. The maximum atomic E-state index is 14.3. The lowest BCUT2D eigenvalue weighted by molar-refractivity contribution is -0.148. The number of amides is 4. The van der Waals surface area contributed by atoms with E-state index in [1.54, 1.807) is 69.1 Å². The lowest BCUT2D eigenvalue weighted by atomic mass is 9.89. The van der Waals surface area contributed by atoms with Crippen molar-refractivity contribution in [2.45, 2.75) is 123 Å². The number of Topliss-reactive ketones (excluding diaryl/α,β-unsaturated/α-hetero) is 1. The van der Waals surface area contributed by atoms with Crippen LogP contribution < -0.4 is 16.0 Å². The Morgan fingerprint density at radius 3 is 1.96 bits per heavy atom. The smallest absolute Gasteiger partial charge is 0.245 e. The predicted octanol–water partition coefficient (Wildman–Crippen LogP) is 3.30. The zero-order valence-corrected chi connectivity index (χ0v) is 34.3. The third-order valence-electron chi connectivity index (χ3n) is 10.9. The molecule has 10 atom stereocenters.